The Morgan fingerprint density at radius 3 is 2.75 bits per heavy atom. The predicted molar refractivity (Wildman–Crippen MR) is 88.5 cm³/mol. The SMILES string of the molecule is O=C(CCC1CCOCC1)c1cc(COCc2ccccc2)on1. The largest absolute Gasteiger partial charge is 0.381 e. The molecule has 0 unspecified atom stereocenters. The average Bonchev–Trinajstić information content (AvgIpc) is 3.10. The molecule has 1 aliphatic rings. The maximum Gasteiger partial charge on any atom is 0.184 e. The number of nitrogens with zero attached hydrogens (tertiary/aromatic N) is 1. The highest BCUT2D eigenvalue weighted by Gasteiger charge is 2.18. The van der Waals surface area contributed by atoms with E-state index in [1.54, 1.807) is 6.07 Å². The second kappa shape index (κ2) is 8.76. The summed E-state index contributed by atoms with van der Waals surface area (Å²) < 4.78 is 16.1. The minimum absolute atomic E-state index is 0.0413. The number of carbonyl (C=O) groups excluding carboxylic acids is 1. The Kier molecular flexibility index (Phi) is 6.15. The highest BCUT2D eigenvalue weighted by molar-refractivity contribution is 5.94. The molecule has 1 aromatic heterocycles. The number of hydrogen-bond donors (Lipinski definition) is 0. The van der Waals surface area contributed by atoms with Crippen LogP contribution in [0.25, 0.3) is 0 Å². The molecule has 2 heterocycles. The van der Waals surface area contributed by atoms with Crippen molar-refractivity contribution in [3.8, 4) is 0 Å². The molecule has 1 saturated heterocycles. The van der Waals surface area contributed by atoms with Crippen LogP contribution in [0.1, 0.15) is 47.5 Å². The molecule has 128 valence electrons. The lowest BCUT2D eigenvalue weighted by Gasteiger charge is -2.21. The number of rotatable bonds is 8. The first-order valence-electron chi connectivity index (χ1n) is 8.49. The van der Waals surface area contributed by atoms with Gasteiger partial charge in [0.1, 0.15) is 12.3 Å². The highest BCUT2D eigenvalue weighted by Crippen LogP contribution is 2.21. The minimum Gasteiger partial charge on any atom is -0.381 e. The topological polar surface area (TPSA) is 61.6 Å². The van der Waals surface area contributed by atoms with Gasteiger partial charge in [-0.05, 0) is 30.7 Å². The lowest BCUT2D eigenvalue weighted by atomic mass is 9.93. The van der Waals surface area contributed by atoms with Gasteiger partial charge in [-0.25, -0.2) is 0 Å². The van der Waals surface area contributed by atoms with Gasteiger partial charge in [0.25, 0.3) is 0 Å². The zero-order chi connectivity index (χ0) is 16.6. The number of ketones is 1. The van der Waals surface area contributed by atoms with Crippen LogP contribution >= 0.6 is 0 Å². The molecule has 0 atom stereocenters. The third kappa shape index (κ3) is 5.01. The Morgan fingerprint density at radius 2 is 1.96 bits per heavy atom. The lowest BCUT2D eigenvalue weighted by molar-refractivity contribution is 0.0618. The van der Waals surface area contributed by atoms with E-state index in [4.69, 9.17) is 14.0 Å². The summed E-state index contributed by atoms with van der Waals surface area (Å²) in [6, 6.07) is 11.6. The standard InChI is InChI=1S/C19H23NO4/c21-19(7-6-15-8-10-22-11-9-15)18-12-17(24-20-18)14-23-13-16-4-2-1-3-5-16/h1-5,12,15H,6-11,13-14H2. The molecule has 1 aromatic carbocycles. The van der Waals surface area contributed by atoms with E-state index in [0.717, 1.165) is 38.0 Å². The molecular weight excluding hydrogens is 306 g/mol. The van der Waals surface area contributed by atoms with Crippen molar-refractivity contribution < 1.29 is 18.8 Å². The summed E-state index contributed by atoms with van der Waals surface area (Å²) >= 11 is 0. The molecule has 24 heavy (non-hydrogen) atoms. The Balaban J connectivity index is 1.41. The average molecular weight is 329 g/mol. The van der Waals surface area contributed by atoms with E-state index in [9.17, 15) is 4.79 Å². The minimum atomic E-state index is 0.0413. The van der Waals surface area contributed by atoms with Crippen molar-refractivity contribution >= 4 is 5.78 Å². The van der Waals surface area contributed by atoms with Crippen molar-refractivity contribution in [3.63, 3.8) is 0 Å². The molecule has 5 nitrogen and oxygen atoms in total. The van der Waals surface area contributed by atoms with Gasteiger partial charge in [-0.1, -0.05) is 35.5 Å². The van der Waals surface area contributed by atoms with Crippen LogP contribution in [0.4, 0.5) is 0 Å². The van der Waals surface area contributed by atoms with Crippen LogP contribution < -0.4 is 0 Å². The van der Waals surface area contributed by atoms with Crippen LogP contribution in [0.3, 0.4) is 0 Å². The van der Waals surface area contributed by atoms with Crippen LogP contribution in [0, 0.1) is 5.92 Å². The van der Waals surface area contributed by atoms with E-state index in [1.165, 1.54) is 0 Å². The third-order valence-electron chi connectivity index (χ3n) is 4.32. The van der Waals surface area contributed by atoms with E-state index in [-0.39, 0.29) is 5.78 Å². The molecule has 5 heteroatoms. The summed E-state index contributed by atoms with van der Waals surface area (Å²) in [5, 5.41) is 3.88. The Morgan fingerprint density at radius 1 is 1.17 bits per heavy atom. The maximum absolute atomic E-state index is 12.2. The zero-order valence-corrected chi connectivity index (χ0v) is 13.8. The van der Waals surface area contributed by atoms with Gasteiger partial charge in [0.05, 0.1) is 6.61 Å². The number of carbonyl (C=O) groups is 1. The van der Waals surface area contributed by atoms with Crippen LogP contribution in [0.2, 0.25) is 0 Å². The molecule has 0 amide bonds. The lowest BCUT2D eigenvalue weighted by Crippen LogP contribution is -2.16. The summed E-state index contributed by atoms with van der Waals surface area (Å²) in [6.07, 6.45) is 3.51. The number of aromatic nitrogens is 1. The van der Waals surface area contributed by atoms with E-state index in [2.05, 4.69) is 5.16 Å². The van der Waals surface area contributed by atoms with Gasteiger partial charge in [0, 0.05) is 25.7 Å². The summed E-state index contributed by atoms with van der Waals surface area (Å²) in [5.74, 6) is 1.21. The van der Waals surface area contributed by atoms with Crippen molar-refractivity contribution in [2.24, 2.45) is 5.92 Å². The van der Waals surface area contributed by atoms with Gasteiger partial charge < -0.3 is 14.0 Å². The van der Waals surface area contributed by atoms with Crippen LogP contribution in [0.15, 0.2) is 40.9 Å². The summed E-state index contributed by atoms with van der Waals surface area (Å²) in [7, 11) is 0. The molecule has 0 saturated carbocycles. The second-order valence-corrected chi connectivity index (χ2v) is 6.17. The van der Waals surface area contributed by atoms with E-state index in [1.807, 2.05) is 30.3 Å². The second-order valence-electron chi connectivity index (χ2n) is 6.17. The summed E-state index contributed by atoms with van der Waals surface area (Å²) in [5.41, 5.74) is 1.50. The molecule has 0 bridgehead atoms. The van der Waals surface area contributed by atoms with E-state index >= 15 is 0 Å². The first-order chi connectivity index (χ1) is 11.8. The van der Waals surface area contributed by atoms with Gasteiger partial charge in [-0.2, -0.15) is 0 Å². The third-order valence-corrected chi connectivity index (χ3v) is 4.32. The first kappa shape index (κ1) is 16.9. The normalized spacial score (nSPS) is 15.5. The Labute approximate surface area is 141 Å². The summed E-state index contributed by atoms with van der Waals surface area (Å²) in [4.78, 5) is 12.2. The van der Waals surface area contributed by atoms with Gasteiger partial charge in [0.15, 0.2) is 11.5 Å². The number of benzene rings is 1. The van der Waals surface area contributed by atoms with Gasteiger partial charge in [-0.3, -0.25) is 4.79 Å². The van der Waals surface area contributed by atoms with Crippen molar-refractivity contribution in [2.75, 3.05) is 13.2 Å². The van der Waals surface area contributed by atoms with Crippen molar-refractivity contribution in [1.29, 1.82) is 0 Å². The van der Waals surface area contributed by atoms with E-state index < -0.39 is 0 Å². The fraction of sp³-hybridized carbons (Fsp3) is 0.474. The van der Waals surface area contributed by atoms with Gasteiger partial charge in [-0.15, -0.1) is 0 Å². The molecule has 1 fully saturated rings. The fourth-order valence-corrected chi connectivity index (χ4v) is 2.85. The van der Waals surface area contributed by atoms with Gasteiger partial charge >= 0.3 is 0 Å². The molecular formula is C19H23NO4. The molecule has 0 radical (unpaired) electrons. The molecule has 1 aliphatic heterocycles. The number of Topliss-reactive ketones (excluding diaryl/α,β-unsaturated/α-hetero) is 1. The Bertz CT molecular complexity index is 632. The smallest absolute Gasteiger partial charge is 0.184 e. The predicted octanol–water partition coefficient (Wildman–Crippen LogP) is 3.78. The van der Waals surface area contributed by atoms with Crippen LogP contribution in [-0.4, -0.2) is 24.2 Å². The molecule has 0 N–H and O–H groups in total. The van der Waals surface area contributed by atoms with Crippen LogP contribution in [-0.2, 0) is 22.7 Å². The van der Waals surface area contributed by atoms with Crippen LogP contribution in [0.5, 0.6) is 0 Å². The van der Waals surface area contributed by atoms with Crippen molar-refractivity contribution in [2.45, 2.75) is 38.9 Å². The molecule has 3 rings (SSSR count). The molecule has 0 spiro atoms. The summed E-state index contributed by atoms with van der Waals surface area (Å²) in [6.45, 7) is 2.45. The van der Waals surface area contributed by atoms with Crippen molar-refractivity contribution in [1.82, 2.24) is 5.16 Å². The number of hydrogen-bond acceptors (Lipinski definition) is 5. The molecule has 2 aromatic rings. The number of ether oxygens (including phenoxy) is 2. The first-order valence-corrected chi connectivity index (χ1v) is 8.49. The van der Waals surface area contributed by atoms with Crippen molar-refractivity contribution in [3.05, 3.63) is 53.4 Å². The van der Waals surface area contributed by atoms with E-state index in [0.29, 0.717) is 37.0 Å². The highest BCUT2D eigenvalue weighted by atomic mass is 16.5. The maximum atomic E-state index is 12.2. The zero-order valence-electron chi connectivity index (χ0n) is 13.8. The monoisotopic (exact) mass is 329 g/mol. The fourth-order valence-electron chi connectivity index (χ4n) is 2.85. The Hall–Kier alpha value is -1.98. The quantitative estimate of drug-likeness (QED) is 0.690. The molecule has 0 aliphatic carbocycles. The van der Waals surface area contributed by atoms with Gasteiger partial charge in [0.2, 0.25) is 0 Å².